The predicted molar refractivity (Wildman–Crippen MR) is 51.2 cm³/mol. The number of nitrogen functional groups attached to an aromatic ring is 1. The van der Waals surface area contributed by atoms with E-state index >= 15 is 0 Å². The summed E-state index contributed by atoms with van der Waals surface area (Å²) in [5.41, 5.74) is 5.43. The zero-order chi connectivity index (χ0) is 9.84. The van der Waals surface area contributed by atoms with Crippen LogP contribution in [0.2, 0.25) is 0 Å². The average Bonchev–Trinajstić information content (AvgIpc) is 2.33. The number of anilines is 1. The molecule has 0 aliphatic heterocycles. The second-order valence-corrected chi connectivity index (χ2v) is 3.41. The van der Waals surface area contributed by atoms with E-state index in [4.69, 9.17) is 5.73 Å². The number of aromatic nitrogens is 2. The zero-order valence-electron chi connectivity index (χ0n) is 8.01. The Labute approximate surface area is 77.8 Å². The van der Waals surface area contributed by atoms with Gasteiger partial charge in [-0.15, -0.1) is 0 Å². The van der Waals surface area contributed by atoms with Crippen LogP contribution in [-0.2, 0) is 6.54 Å². The third-order valence-electron chi connectivity index (χ3n) is 1.65. The minimum absolute atomic E-state index is 0.386. The van der Waals surface area contributed by atoms with E-state index in [9.17, 15) is 5.11 Å². The number of aliphatic hydroxyl groups is 1. The highest BCUT2D eigenvalue weighted by Crippen LogP contribution is 1.99. The van der Waals surface area contributed by atoms with Gasteiger partial charge in [0.05, 0.1) is 19.0 Å². The first kappa shape index (κ1) is 10.0. The molecule has 1 aromatic rings. The van der Waals surface area contributed by atoms with Crippen molar-refractivity contribution in [3.05, 3.63) is 12.5 Å². The van der Waals surface area contributed by atoms with Crippen molar-refractivity contribution in [3.63, 3.8) is 0 Å². The standard InChI is InChI=1S/C8H16N4O/c1-11(2)3-7(13)4-12-5-8(9)10-6-12/h5-7,13H,3-4,9H2,1-2H3. The molecule has 13 heavy (non-hydrogen) atoms. The summed E-state index contributed by atoms with van der Waals surface area (Å²) in [6.07, 6.45) is 2.94. The first-order valence-electron chi connectivity index (χ1n) is 4.18. The number of imidazole rings is 1. The number of likely N-dealkylation sites (N-methyl/N-ethyl adjacent to an activating group) is 1. The van der Waals surface area contributed by atoms with Gasteiger partial charge < -0.3 is 20.3 Å². The summed E-state index contributed by atoms with van der Waals surface area (Å²) in [5, 5.41) is 9.55. The number of rotatable bonds is 4. The van der Waals surface area contributed by atoms with E-state index in [2.05, 4.69) is 4.98 Å². The maximum absolute atomic E-state index is 9.55. The number of nitrogens with zero attached hydrogens (tertiary/aromatic N) is 3. The lowest BCUT2D eigenvalue weighted by molar-refractivity contribution is 0.119. The van der Waals surface area contributed by atoms with Crippen molar-refractivity contribution in [1.82, 2.24) is 14.5 Å². The lowest BCUT2D eigenvalue weighted by Gasteiger charge is -2.15. The molecule has 0 aromatic carbocycles. The van der Waals surface area contributed by atoms with Crippen molar-refractivity contribution < 1.29 is 5.11 Å². The summed E-state index contributed by atoms with van der Waals surface area (Å²) < 4.78 is 1.78. The van der Waals surface area contributed by atoms with Gasteiger partial charge in [0.25, 0.3) is 0 Å². The number of hydrogen-bond acceptors (Lipinski definition) is 4. The van der Waals surface area contributed by atoms with Crippen LogP contribution in [0.15, 0.2) is 12.5 Å². The Morgan fingerprint density at radius 1 is 1.69 bits per heavy atom. The number of hydrogen-bond donors (Lipinski definition) is 2. The minimum atomic E-state index is -0.386. The molecule has 5 heteroatoms. The first-order valence-corrected chi connectivity index (χ1v) is 4.18. The summed E-state index contributed by atoms with van der Waals surface area (Å²) in [4.78, 5) is 5.80. The summed E-state index contributed by atoms with van der Waals surface area (Å²) in [6, 6.07) is 0. The van der Waals surface area contributed by atoms with Gasteiger partial charge in [-0.3, -0.25) is 0 Å². The summed E-state index contributed by atoms with van der Waals surface area (Å²) in [6.45, 7) is 1.17. The van der Waals surface area contributed by atoms with Crippen LogP contribution in [0, 0.1) is 0 Å². The molecule has 0 bridgehead atoms. The molecule has 0 radical (unpaired) electrons. The van der Waals surface area contributed by atoms with Crippen molar-refractivity contribution in [3.8, 4) is 0 Å². The lowest BCUT2D eigenvalue weighted by atomic mass is 10.3. The number of nitrogens with two attached hydrogens (primary N) is 1. The molecule has 5 nitrogen and oxygen atoms in total. The van der Waals surface area contributed by atoms with E-state index in [1.807, 2.05) is 19.0 Å². The summed E-state index contributed by atoms with van der Waals surface area (Å²) in [7, 11) is 3.84. The smallest absolute Gasteiger partial charge is 0.141 e. The van der Waals surface area contributed by atoms with Gasteiger partial charge in [-0.25, -0.2) is 4.98 Å². The van der Waals surface area contributed by atoms with Crippen LogP contribution < -0.4 is 5.73 Å². The van der Waals surface area contributed by atoms with E-state index in [1.54, 1.807) is 17.1 Å². The summed E-state index contributed by atoms with van der Waals surface area (Å²) >= 11 is 0. The van der Waals surface area contributed by atoms with Crippen molar-refractivity contribution in [2.75, 3.05) is 26.4 Å². The van der Waals surface area contributed by atoms with Crippen LogP contribution in [0.25, 0.3) is 0 Å². The average molecular weight is 184 g/mol. The Hall–Kier alpha value is -1.07. The Bertz CT molecular complexity index is 258. The highest BCUT2D eigenvalue weighted by Gasteiger charge is 2.06. The van der Waals surface area contributed by atoms with E-state index in [0.29, 0.717) is 18.9 Å². The van der Waals surface area contributed by atoms with Crippen LogP contribution in [0.5, 0.6) is 0 Å². The van der Waals surface area contributed by atoms with Gasteiger partial charge in [-0.05, 0) is 14.1 Å². The zero-order valence-corrected chi connectivity index (χ0v) is 8.01. The molecule has 1 atom stereocenters. The Morgan fingerprint density at radius 3 is 2.85 bits per heavy atom. The third-order valence-corrected chi connectivity index (χ3v) is 1.65. The Kier molecular flexibility index (Phi) is 3.27. The monoisotopic (exact) mass is 184 g/mol. The molecule has 0 spiro atoms. The Morgan fingerprint density at radius 2 is 2.38 bits per heavy atom. The van der Waals surface area contributed by atoms with Gasteiger partial charge in [0.1, 0.15) is 5.82 Å². The Balaban J connectivity index is 2.40. The van der Waals surface area contributed by atoms with Crippen LogP contribution >= 0.6 is 0 Å². The molecular formula is C8H16N4O. The quantitative estimate of drug-likeness (QED) is 0.655. The van der Waals surface area contributed by atoms with E-state index in [0.717, 1.165) is 0 Å². The number of aliphatic hydroxyl groups excluding tert-OH is 1. The predicted octanol–water partition coefficient (Wildman–Crippen LogP) is -0.612. The molecule has 74 valence electrons. The van der Waals surface area contributed by atoms with Crippen LogP contribution in [0.3, 0.4) is 0 Å². The minimum Gasteiger partial charge on any atom is -0.390 e. The topological polar surface area (TPSA) is 67.3 Å². The maximum atomic E-state index is 9.55. The highest BCUT2D eigenvalue weighted by molar-refractivity contribution is 5.22. The summed E-state index contributed by atoms with van der Waals surface area (Å²) in [5.74, 6) is 0.483. The second-order valence-electron chi connectivity index (χ2n) is 3.41. The first-order chi connectivity index (χ1) is 6.08. The van der Waals surface area contributed by atoms with E-state index in [1.165, 1.54) is 0 Å². The van der Waals surface area contributed by atoms with Gasteiger partial charge in [-0.1, -0.05) is 0 Å². The molecule has 0 aliphatic rings. The SMILES string of the molecule is CN(C)CC(O)Cn1cnc(N)c1. The van der Waals surface area contributed by atoms with Gasteiger partial charge in [0, 0.05) is 12.7 Å². The fourth-order valence-corrected chi connectivity index (χ4v) is 1.20. The van der Waals surface area contributed by atoms with Crippen LogP contribution in [-0.4, -0.2) is 46.3 Å². The molecule has 0 saturated heterocycles. The lowest BCUT2D eigenvalue weighted by Crippen LogP contribution is -2.29. The van der Waals surface area contributed by atoms with E-state index < -0.39 is 0 Å². The molecule has 3 N–H and O–H groups in total. The third kappa shape index (κ3) is 3.43. The molecule has 0 fully saturated rings. The van der Waals surface area contributed by atoms with E-state index in [-0.39, 0.29) is 6.10 Å². The van der Waals surface area contributed by atoms with Crippen molar-refractivity contribution in [2.45, 2.75) is 12.6 Å². The van der Waals surface area contributed by atoms with Gasteiger partial charge >= 0.3 is 0 Å². The largest absolute Gasteiger partial charge is 0.390 e. The molecular weight excluding hydrogens is 168 g/mol. The molecule has 0 saturated carbocycles. The van der Waals surface area contributed by atoms with Crippen molar-refractivity contribution >= 4 is 5.82 Å². The molecule has 1 aromatic heterocycles. The van der Waals surface area contributed by atoms with Crippen molar-refractivity contribution in [1.29, 1.82) is 0 Å². The van der Waals surface area contributed by atoms with Gasteiger partial charge in [-0.2, -0.15) is 0 Å². The van der Waals surface area contributed by atoms with Crippen LogP contribution in [0.4, 0.5) is 5.82 Å². The normalized spacial score (nSPS) is 13.5. The molecule has 1 unspecified atom stereocenters. The molecule has 1 rings (SSSR count). The second kappa shape index (κ2) is 4.25. The molecule has 1 heterocycles. The fourth-order valence-electron chi connectivity index (χ4n) is 1.20. The van der Waals surface area contributed by atoms with Crippen molar-refractivity contribution in [2.24, 2.45) is 0 Å². The van der Waals surface area contributed by atoms with Gasteiger partial charge in [0.2, 0.25) is 0 Å². The molecule has 0 amide bonds. The van der Waals surface area contributed by atoms with Gasteiger partial charge in [0.15, 0.2) is 0 Å². The molecule has 0 aliphatic carbocycles. The highest BCUT2D eigenvalue weighted by atomic mass is 16.3. The van der Waals surface area contributed by atoms with Crippen LogP contribution in [0.1, 0.15) is 0 Å². The fraction of sp³-hybridized carbons (Fsp3) is 0.625. The maximum Gasteiger partial charge on any atom is 0.141 e.